The Kier molecular flexibility index (Phi) is 6.26. The van der Waals surface area contributed by atoms with E-state index in [2.05, 4.69) is 46.3 Å². The summed E-state index contributed by atoms with van der Waals surface area (Å²) < 4.78 is 8.74. The van der Waals surface area contributed by atoms with E-state index in [-0.39, 0.29) is 0 Å². The van der Waals surface area contributed by atoms with Crippen molar-refractivity contribution in [3.05, 3.63) is 46.7 Å². The van der Waals surface area contributed by atoms with Crippen molar-refractivity contribution in [1.82, 2.24) is 15.1 Å². The Balaban J connectivity index is 1.84. The molecule has 2 rings (SSSR count). The molecule has 0 amide bonds. The van der Waals surface area contributed by atoms with E-state index in [1.807, 2.05) is 29.1 Å². The maximum Gasteiger partial charge on any atom is 0.123 e. The summed E-state index contributed by atoms with van der Waals surface area (Å²) >= 11 is 3.39. The SMILES string of the molecule is CC(C)CNCc1ccccc1OCCn1cc(Br)cn1. The smallest absolute Gasteiger partial charge is 0.123 e. The zero-order valence-electron chi connectivity index (χ0n) is 12.6. The minimum atomic E-state index is 0.606. The second kappa shape index (κ2) is 8.20. The summed E-state index contributed by atoms with van der Waals surface area (Å²) in [7, 11) is 0. The molecule has 1 aromatic heterocycles. The van der Waals surface area contributed by atoms with Crippen LogP contribution in [0.25, 0.3) is 0 Å². The summed E-state index contributed by atoms with van der Waals surface area (Å²) in [5, 5.41) is 7.67. The highest BCUT2D eigenvalue weighted by molar-refractivity contribution is 9.10. The number of nitrogens with zero attached hydrogens (tertiary/aromatic N) is 2. The molecule has 0 fully saturated rings. The maximum absolute atomic E-state index is 5.89. The van der Waals surface area contributed by atoms with Crippen LogP contribution in [0.2, 0.25) is 0 Å². The van der Waals surface area contributed by atoms with Gasteiger partial charge in [0.1, 0.15) is 12.4 Å². The van der Waals surface area contributed by atoms with Gasteiger partial charge in [-0.05, 0) is 34.5 Å². The van der Waals surface area contributed by atoms with Gasteiger partial charge in [-0.2, -0.15) is 5.10 Å². The standard InChI is InChI=1S/C16H22BrN3O/c1-13(2)9-18-10-14-5-3-4-6-16(14)21-8-7-20-12-15(17)11-19-20/h3-6,11-13,18H,7-10H2,1-2H3. The van der Waals surface area contributed by atoms with Crippen molar-refractivity contribution in [3.8, 4) is 5.75 Å². The number of hydrogen-bond acceptors (Lipinski definition) is 3. The summed E-state index contributed by atoms with van der Waals surface area (Å²) in [5.74, 6) is 1.59. The van der Waals surface area contributed by atoms with Crippen LogP contribution >= 0.6 is 15.9 Å². The van der Waals surface area contributed by atoms with Gasteiger partial charge < -0.3 is 10.1 Å². The number of para-hydroxylation sites is 1. The Bertz CT molecular complexity index is 554. The minimum Gasteiger partial charge on any atom is -0.491 e. The molecule has 5 heteroatoms. The van der Waals surface area contributed by atoms with Gasteiger partial charge in [-0.25, -0.2) is 0 Å². The summed E-state index contributed by atoms with van der Waals surface area (Å²) in [5.41, 5.74) is 1.19. The molecule has 4 nitrogen and oxygen atoms in total. The lowest BCUT2D eigenvalue weighted by Crippen LogP contribution is -2.19. The van der Waals surface area contributed by atoms with Crippen molar-refractivity contribution in [3.63, 3.8) is 0 Å². The molecule has 1 heterocycles. The second-order valence-corrected chi connectivity index (χ2v) is 6.32. The third-order valence-corrected chi connectivity index (χ3v) is 3.43. The summed E-state index contributed by atoms with van der Waals surface area (Å²) in [4.78, 5) is 0. The topological polar surface area (TPSA) is 39.1 Å². The zero-order valence-corrected chi connectivity index (χ0v) is 14.1. The molecule has 0 bridgehead atoms. The Morgan fingerprint density at radius 3 is 2.86 bits per heavy atom. The molecule has 2 aromatic rings. The van der Waals surface area contributed by atoms with E-state index in [1.165, 1.54) is 5.56 Å². The van der Waals surface area contributed by atoms with Gasteiger partial charge in [0.2, 0.25) is 0 Å². The number of hydrogen-bond donors (Lipinski definition) is 1. The predicted molar refractivity (Wildman–Crippen MR) is 88.4 cm³/mol. The lowest BCUT2D eigenvalue weighted by Gasteiger charge is -2.13. The Labute approximate surface area is 134 Å². The first-order valence-electron chi connectivity index (χ1n) is 7.24. The fourth-order valence-corrected chi connectivity index (χ4v) is 2.32. The van der Waals surface area contributed by atoms with Crippen molar-refractivity contribution in [2.45, 2.75) is 26.9 Å². The first kappa shape index (κ1) is 16.0. The number of benzene rings is 1. The number of halogens is 1. The van der Waals surface area contributed by atoms with Gasteiger partial charge in [-0.15, -0.1) is 0 Å². The van der Waals surface area contributed by atoms with Crippen LogP contribution in [-0.2, 0) is 13.1 Å². The van der Waals surface area contributed by atoms with Crippen LogP contribution < -0.4 is 10.1 Å². The molecule has 0 radical (unpaired) electrons. The van der Waals surface area contributed by atoms with Gasteiger partial charge in [0, 0.05) is 18.3 Å². The molecule has 1 N–H and O–H groups in total. The molecule has 0 aliphatic rings. The average molecular weight is 352 g/mol. The molecule has 0 saturated heterocycles. The van der Waals surface area contributed by atoms with Crippen LogP contribution in [0.4, 0.5) is 0 Å². The predicted octanol–water partition coefficient (Wildman–Crippen LogP) is 3.47. The van der Waals surface area contributed by atoms with Crippen LogP contribution in [0.1, 0.15) is 19.4 Å². The monoisotopic (exact) mass is 351 g/mol. The van der Waals surface area contributed by atoms with Gasteiger partial charge in [0.25, 0.3) is 0 Å². The van der Waals surface area contributed by atoms with E-state index in [0.29, 0.717) is 12.5 Å². The minimum absolute atomic E-state index is 0.606. The second-order valence-electron chi connectivity index (χ2n) is 5.40. The van der Waals surface area contributed by atoms with Crippen molar-refractivity contribution < 1.29 is 4.74 Å². The third-order valence-electron chi connectivity index (χ3n) is 3.02. The molecule has 0 saturated carbocycles. The highest BCUT2D eigenvalue weighted by Gasteiger charge is 2.04. The molecule has 114 valence electrons. The first-order chi connectivity index (χ1) is 10.1. The molecular weight excluding hydrogens is 330 g/mol. The highest BCUT2D eigenvalue weighted by Crippen LogP contribution is 2.18. The van der Waals surface area contributed by atoms with E-state index >= 15 is 0 Å². The molecule has 0 spiro atoms. The van der Waals surface area contributed by atoms with E-state index in [9.17, 15) is 0 Å². The van der Waals surface area contributed by atoms with Crippen LogP contribution in [0, 0.1) is 5.92 Å². The zero-order chi connectivity index (χ0) is 15.1. The molecule has 0 aliphatic carbocycles. The summed E-state index contributed by atoms with van der Waals surface area (Å²) in [6.45, 7) is 7.60. The average Bonchev–Trinajstić information content (AvgIpc) is 2.86. The van der Waals surface area contributed by atoms with Gasteiger partial charge in [-0.1, -0.05) is 32.0 Å². The van der Waals surface area contributed by atoms with E-state index in [4.69, 9.17) is 4.74 Å². The summed E-state index contributed by atoms with van der Waals surface area (Å²) in [6.07, 6.45) is 3.73. The number of nitrogens with one attached hydrogen (secondary N) is 1. The van der Waals surface area contributed by atoms with Crippen molar-refractivity contribution >= 4 is 15.9 Å². The van der Waals surface area contributed by atoms with Crippen LogP contribution in [-0.4, -0.2) is 22.9 Å². The molecule has 0 aliphatic heterocycles. The molecule has 0 unspecified atom stereocenters. The van der Waals surface area contributed by atoms with Crippen molar-refractivity contribution in [2.24, 2.45) is 5.92 Å². The highest BCUT2D eigenvalue weighted by atomic mass is 79.9. The lowest BCUT2D eigenvalue weighted by atomic mass is 10.2. The molecule has 21 heavy (non-hydrogen) atoms. The van der Waals surface area contributed by atoms with Crippen molar-refractivity contribution in [2.75, 3.05) is 13.2 Å². The Morgan fingerprint density at radius 1 is 1.33 bits per heavy atom. The van der Waals surface area contributed by atoms with Gasteiger partial charge in [0.15, 0.2) is 0 Å². The van der Waals surface area contributed by atoms with Gasteiger partial charge in [-0.3, -0.25) is 4.68 Å². The number of rotatable bonds is 8. The molecule has 1 aromatic carbocycles. The van der Waals surface area contributed by atoms with Crippen LogP contribution in [0.3, 0.4) is 0 Å². The van der Waals surface area contributed by atoms with Gasteiger partial charge >= 0.3 is 0 Å². The fraction of sp³-hybridized carbons (Fsp3) is 0.438. The third kappa shape index (κ3) is 5.52. The lowest BCUT2D eigenvalue weighted by molar-refractivity contribution is 0.288. The molecule has 0 atom stereocenters. The number of ether oxygens (including phenoxy) is 1. The Morgan fingerprint density at radius 2 is 2.14 bits per heavy atom. The Hall–Kier alpha value is -1.33. The largest absolute Gasteiger partial charge is 0.491 e. The van der Waals surface area contributed by atoms with E-state index in [1.54, 1.807) is 6.20 Å². The van der Waals surface area contributed by atoms with E-state index in [0.717, 1.165) is 29.9 Å². The van der Waals surface area contributed by atoms with Crippen molar-refractivity contribution in [1.29, 1.82) is 0 Å². The maximum atomic E-state index is 5.89. The van der Waals surface area contributed by atoms with Crippen LogP contribution in [0.15, 0.2) is 41.1 Å². The summed E-state index contributed by atoms with van der Waals surface area (Å²) in [6, 6.07) is 8.17. The van der Waals surface area contributed by atoms with E-state index < -0.39 is 0 Å². The normalized spacial score (nSPS) is 11.0. The fourth-order valence-electron chi connectivity index (χ4n) is 2.00. The quantitative estimate of drug-likeness (QED) is 0.791. The first-order valence-corrected chi connectivity index (χ1v) is 8.04. The van der Waals surface area contributed by atoms with Gasteiger partial charge in [0.05, 0.1) is 17.2 Å². The molecular formula is C16H22BrN3O. The van der Waals surface area contributed by atoms with Crippen LogP contribution in [0.5, 0.6) is 5.75 Å². The number of aromatic nitrogens is 2.